The Balaban J connectivity index is 1.41. The second-order valence-corrected chi connectivity index (χ2v) is 7.83. The zero-order valence-corrected chi connectivity index (χ0v) is 18.8. The minimum absolute atomic E-state index is 0.0885. The summed E-state index contributed by atoms with van der Waals surface area (Å²) in [7, 11) is 0. The molecule has 33 heavy (non-hydrogen) atoms. The Labute approximate surface area is 191 Å². The summed E-state index contributed by atoms with van der Waals surface area (Å²) >= 11 is 0. The summed E-state index contributed by atoms with van der Waals surface area (Å²) < 4.78 is 15.5. The van der Waals surface area contributed by atoms with Crippen molar-refractivity contribution >= 4 is 29.1 Å². The maximum Gasteiger partial charge on any atom is 0.347 e. The van der Waals surface area contributed by atoms with Gasteiger partial charge < -0.3 is 24.4 Å². The van der Waals surface area contributed by atoms with E-state index in [1.807, 2.05) is 13.8 Å². The van der Waals surface area contributed by atoms with Gasteiger partial charge in [0.15, 0.2) is 23.9 Å². The van der Waals surface area contributed by atoms with Crippen LogP contribution in [0.3, 0.4) is 0 Å². The van der Waals surface area contributed by atoms with Gasteiger partial charge in [0.1, 0.15) is 0 Å². The van der Waals surface area contributed by atoms with Crippen molar-refractivity contribution in [1.82, 2.24) is 0 Å². The van der Waals surface area contributed by atoms with Gasteiger partial charge in [-0.3, -0.25) is 9.59 Å². The van der Waals surface area contributed by atoms with Crippen molar-refractivity contribution in [2.45, 2.75) is 27.2 Å². The number of hydrogen-bond donors (Lipinski definition) is 1. The summed E-state index contributed by atoms with van der Waals surface area (Å²) in [4.78, 5) is 40.9. The standard InChI is InChI=1S/C24H26N2O7/c1-15(2)10-23(28)25-19-7-4-17(5-8-19)20(27)12-30-24(29)13-33-26-16(3)18-6-9-21-22(11-18)32-14-31-21/h4-9,11,15H,10,12-14H2,1-3H3,(H,25,28)/b26-16+. The van der Waals surface area contributed by atoms with Crippen LogP contribution >= 0.6 is 0 Å². The van der Waals surface area contributed by atoms with Gasteiger partial charge in [-0.25, -0.2) is 4.79 Å². The molecule has 3 rings (SSSR count). The summed E-state index contributed by atoms with van der Waals surface area (Å²) in [5, 5.41) is 6.66. The lowest BCUT2D eigenvalue weighted by molar-refractivity contribution is -0.147. The molecule has 0 fully saturated rings. The molecular weight excluding hydrogens is 428 g/mol. The molecule has 174 valence electrons. The van der Waals surface area contributed by atoms with Gasteiger partial charge >= 0.3 is 5.97 Å². The summed E-state index contributed by atoms with van der Waals surface area (Å²) in [5.74, 6) is 0.348. The average molecular weight is 454 g/mol. The van der Waals surface area contributed by atoms with Crippen molar-refractivity contribution in [3.63, 3.8) is 0 Å². The van der Waals surface area contributed by atoms with Crippen molar-refractivity contribution in [2.75, 3.05) is 25.3 Å². The Morgan fingerprint density at radius 2 is 1.70 bits per heavy atom. The van der Waals surface area contributed by atoms with E-state index in [1.54, 1.807) is 49.4 Å². The third-order valence-corrected chi connectivity index (χ3v) is 4.62. The first-order valence-corrected chi connectivity index (χ1v) is 10.5. The number of carbonyl (C=O) groups excluding carboxylic acids is 3. The molecule has 0 spiro atoms. The smallest absolute Gasteiger partial charge is 0.347 e. The molecule has 0 bridgehead atoms. The number of Topliss-reactive ketones (excluding diaryl/α,β-unsaturated/α-hetero) is 1. The van der Waals surface area contributed by atoms with Crippen LogP contribution in [0.15, 0.2) is 47.6 Å². The number of oxime groups is 1. The van der Waals surface area contributed by atoms with E-state index in [9.17, 15) is 14.4 Å². The predicted octanol–water partition coefficient (Wildman–Crippen LogP) is 3.57. The Morgan fingerprint density at radius 3 is 2.42 bits per heavy atom. The molecule has 0 unspecified atom stereocenters. The van der Waals surface area contributed by atoms with Crippen LogP contribution in [0.5, 0.6) is 11.5 Å². The third kappa shape index (κ3) is 7.06. The van der Waals surface area contributed by atoms with Gasteiger partial charge in [0.05, 0.1) is 5.71 Å². The van der Waals surface area contributed by atoms with Crippen LogP contribution in [0.25, 0.3) is 0 Å². The van der Waals surface area contributed by atoms with Crippen LogP contribution in [-0.4, -0.2) is 43.4 Å². The molecule has 1 heterocycles. The summed E-state index contributed by atoms with van der Waals surface area (Å²) in [6, 6.07) is 11.7. The van der Waals surface area contributed by atoms with E-state index in [0.29, 0.717) is 34.9 Å². The van der Waals surface area contributed by atoms with Gasteiger partial charge in [0.25, 0.3) is 0 Å². The Morgan fingerprint density at radius 1 is 1.00 bits per heavy atom. The molecule has 0 radical (unpaired) electrons. The van der Waals surface area contributed by atoms with E-state index in [4.69, 9.17) is 19.0 Å². The van der Waals surface area contributed by atoms with Crippen molar-refractivity contribution in [2.24, 2.45) is 11.1 Å². The van der Waals surface area contributed by atoms with E-state index in [1.165, 1.54) is 0 Å². The second-order valence-electron chi connectivity index (χ2n) is 7.83. The summed E-state index contributed by atoms with van der Waals surface area (Å²) in [6.45, 7) is 4.96. The topological polar surface area (TPSA) is 113 Å². The van der Waals surface area contributed by atoms with Crippen molar-refractivity contribution in [3.05, 3.63) is 53.6 Å². The number of hydrogen-bond acceptors (Lipinski definition) is 8. The van der Waals surface area contributed by atoms with Gasteiger partial charge in [-0.2, -0.15) is 0 Å². The number of nitrogens with zero attached hydrogens (tertiary/aromatic N) is 1. The minimum atomic E-state index is -0.719. The first-order chi connectivity index (χ1) is 15.8. The van der Waals surface area contributed by atoms with Gasteiger partial charge in [-0.15, -0.1) is 0 Å². The molecule has 0 atom stereocenters. The van der Waals surface area contributed by atoms with E-state index >= 15 is 0 Å². The highest BCUT2D eigenvalue weighted by atomic mass is 16.7. The first-order valence-electron chi connectivity index (χ1n) is 10.5. The van der Waals surface area contributed by atoms with Crippen LogP contribution < -0.4 is 14.8 Å². The Bertz CT molecular complexity index is 1050. The normalized spacial score (nSPS) is 12.4. The number of benzene rings is 2. The van der Waals surface area contributed by atoms with E-state index in [-0.39, 0.29) is 24.4 Å². The number of rotatable bonds is 10. The predicted molar refractivity (Wildman–Crippen MR) is 121 cm³/mol. The number of fused-ring (bicyclic) bond motifs is 1. The molecule has 1 aliphatic heterocycles. The first kappa shape index (κ1) is 23.8. The van der Waals surface area contributed by atoms with E-state index in [0.717, 1.165) is 5.56 Å². The molecule has 9 nitrogen and oxygen atoms in total. The number of esters is 1. The summed E-state index contributed by atoms with van der Waals surface area (Å²) in [6.07, 6.45) is 0.416. The van der Waals surface area contributed by atoms with Gasteiger partial charge in [0, 0.05) is 23.2 Å². The van der Waals surface area contributed by atoms with Crippen LogP contribution in [0.2, 0.25) is 0 Å². The zero-order valence-electron chi connectivity index (χ0n) is 18.8. The van der Waals surface area contributed by atoms with Gasteiger partial charge in [0.2, 0.25) is 19.3 Å². The lowest BCUT2D eigenvalue weighted by Crippen LogP contribution is -2.18. The molecule has 0 saturated heterocycles. The van der Waals surface area contributed by atoms with Crippen LogP contribution in [0, 0.1) is 5.92 Å². The maximum atomic E-state index is 12.2. The number of anilines is 1. The highest BCUT2D eigenvalue weighted by Crippen LogP contribution is 2.32. The molecule has 0 aliphatic carbocycles. The van der Waals surface area contributed by atoms with Crippen LogP contribution in [0.4, 0.5) is 5.69 Å². The van der Waals surface area contributed by atoms with Gasteiger partial charge in [-0.1, -0.05) is 19.0 Å². The van der Waals surface area contributed by atoms with Crippen LogP contribution in [0.1, 0.15) is 43.1 Å². The van der Waals surface area contributed by atoms with E-state index in [2.05, 4.69) is 10.5 Å². The Hall–Kier alpha value is -3.88. The number of amides is 1. The SMILES string of the molecule is C/C(=N\OCC(=O)OCC(=O)c1ccc(NC(=O)CC(C)C)cc1)c1ccc2c(c1)OCO2. The highest BCUT2D eigenvalue weighted by molar-refractivity contribution is 5.99. The number of ketones is 1. The molecule has 0 saturated carbocycles. The highest BCUT2D eigenvalue weighted by Gasteiger charge is 2.15. The van der Waals surface area contributed by atoms with Gasteiger partial charge in [-0.05, 0) is 55.3 Å². The molecule has 0 aromatic heterocycles. The summed E-state index contributed by atoms with van der Waals surface area (Å²) in [5.41, 5.74) is 2.25. The largest absolute Gasteiger partial charge is 0.455 e. The fraction of sp³-hybridized carbons (Fsp3) is 0.333. The number of carbonyl (C=O) groups is 3. The minimum Gasteiger partial charge on any atom is -0.455 e. The molecule has 9 heteroatoms. The quantitative estimate of drug-likeness (QED) is 0.253. The van der Waals surface area contributed by atoms with Crippen LogP contribution in [-0.2, 0) is 19.2 Å². The van der Waals surface area contributed by atoms with E-state index < -0.39 is 19.2 Å². The fourth-order valence-electron chi connectivity index (χ4n) is 2.95. The molecular formula is C24H26N2O7. The average Bonchev–Trinajstić information content (AvgIpc) is 3.25. The number of nitrogens with one attached hydrogen (secondary N) is 1. The molecule has 1 N–H and O–H groups in total. The lowest BCUT2D eigenvalue weighted by Gasteiger charge is -2.08. The lowest BCUT2D eigenvalue weighted by atomic mass is 10.1. The van der Waals surface area contributed by atoms with Crippen molar-refractivity contribution in [1.29, 1.82) is 0 Å². The molecule has 1 amide bonds. The van der Waals surface area contributed by atoms with Crippen molar-refractivity contribution in [3.8, 4) is 11.5 Å². The monoisotopic (exact) mass is 454 g/mol. The third-order valence-electron chi connectivity index (χ3n) is 4.62. The zero-order chi connectivity index (χ0) is 23.8. The maximum absolute atomic E-state index is 12.2. The second kappa shape index (κ2) is 11.1. The Kier molecular flexibility index (Phi) is 8.01. The molecule has 2 aromatic rings. The fourth-order valence-corrected chi connectivity index (χ4v) is 2.95. The molecule has 1 aliphatic rings. The van der Waals surface area contributed by atoms with Crippen molar-refractivity contribution < 1.29 is 33.4 Å². The molecule has 2 aromatic carbocycles. The number of ether oxygens (including phenoxy) is 3.